The molecule has 2 aliphatic heterocycles. The van der Waals surface area contributed by atoms with Gasteiger partial charge < -0.3 is 14.8 Å². The lowest BCUT2D eigenvalue weighted by Crippen LogP contribution is -2.58. The summed E-state index contributed by atoms with van der Waals surface area (Å²) in [7, 11) is 0. The van der Waals surface area contributed by atoms with E-state index >= 15 is 0 Å². The van der Waals surface area contributed by atoms with Gasteiger partial charge in [0, 0.05) is 30.7 Å². The third-order valence-electron chi connectivity index (χ3n) is 4.55. The van der Waals surface area contributed by atoms with Crippen LogP contribution in [-0.4, -0.2) is 30.9 Å². The number of hydrogen-bond donors (Lipinski definition) is 1. The molecule has 0 aromatic heterocycles. The Bertz CT molecular complexity index is 349. The van der Waals surface area contributed by atoms with Crippen LogP contribution < -0.4 is 5.32 Å². The average molecular weight is 237 g/mol. The first-order chi connectivity index (χ1) is 8.18. The highest BCUT2D eigenvalue weighted by atomic mass is 16.7. The number of ether oxygens (including phenoxy) is 2. The van der Waals surface area contributed by atoms with Crippen LogP contribution in [0.3, 0.4) is 0 Å². The van der Waals surface area contributed by atoms with Gasteiger partial charge in [0.25, 0.3) is 0 Å². The Morgan fingerprint density at radius 2 is 2.06 bits per heavy atom. The van der Waals surface area contributed by atoms with Crippen LogP contribution >= 0.6 is 0 Å². The second-order valence-corrected chi connectivity index (χ2v) is 5.37. The lowest BCUT2D eigenvalue weighted by molar-refractivity contribution is -0.198. The third-order valence-corrected chi connectivity index (χ3v) is 4.55. The van der Waals surface area contributed by atoms with E-state index in [1.807, 2.05) is 6.08 Å². The molecular formula is C13H19NO3. The van der Waals surface area contributed by atoms with Gasteiger partial charge in [0.2, 0.25) is 5.91 Å². The lowest BCUT2D eigenvalue weighted by atomic mass is 9.64. The van der Waals surface area contributed by atoms with Gasteiger partial charge >= 0.3 is 0 Å². The van der Waals surface area contributed by atoms with E-state index in [9.17, 15) is 4.79 Å². The molecule has 1 aliphatic carbocycles. The van der Waals surface area contributed by atoms with Crippen molar-refractivity contribution in [3.63, 3.8) is 0 Å². The summed E-state index contributed by atoms with van der Waals surface area (Å²) in [5.74, 6) is -0.301. The first-order valence-corrected chi connectivity index (χ1v) is 6.39. The molecule has 4 nitrogen and oxygen atoms in total. The molecule has 0 aromatic rings. The number of fused-ring (bicyclic) bond motifs is 1. The molecule has 94 valence electrons. The number of carbonyl (C=O) groups is 1. The maximum atomic E-state index is 11.6. The van der Waals surface area contributed by atoms with Crippen molar-refractivity contribution in [3.8, 4) is 0 Å². The molecule has 1 spiro atoms. The van der Waals surface area contributed by atoms with E-state index in [-0.39, 0.29) is 17.4 Å². The van der Waals surface area contributed by atoms with Crippen LogP contribution in [-0.2, 0) is 14.3 Å². The topological polar surface area (TPSA) is 47.6 Å². The molecule has 3 fully saturated rings. The summed E-state index contributed by atoms with van der Waals surface area (Å²) in [5, 5.41) is 3.09. The van der Waals surface area contributed by atoms with E-state index < -0.39 is 5.79 Å². The molecule has 1 amide bonds. The molecule has 3 aliphatic rings. The predicted molar refractivity (Wildman–Crippen MR) is 62.3 cm³/mol. The Hall–Kier alpha value is -0.870. The predicted octanol–water partition coefficient (Wildman–Crippen LogP) is 1.36. The van der Waals surface area contributed by atoms with Gasteiger partial charge in [0.05, 0.1) is 13.2 Å². The van der Waals surface area contributed by atoms with Gasteiger partial charge in [0.15, 0.2) is 5.79 Å². The standard InChI is InChI=1S/C13H19NO3/c1-2-12-4-3-11(15)14-10(12)9-13(6-5-12)16-7-8-17-13/h2,10H,1,3-9H2,(H,14,15)/t10-,12+/m0/s1. The van der Waals surface area contributed by atoms with Crippen LogP contribution in [0.25, 0.3) is 0 Å². The maximum Gasteiger partial charge on any atom is 0.220 e. The second kappa shape index (κ2) is 3.82. The molecule has 1 saturated carbocycles. The quantitative estimate of drug-likeness (QED) is 0.701. The zero-order valence-electron chi connectivity index (χ0n) is 10.0. The summed E-state index contributed by atoms with van der Waals surface area (Å²) in [6, 6.07) is 0.119. The molecule has 0 unspecified atom stereocenters. The first-order valence-electron chi connectivity index (χ1n) is 6.39. The summed E-state index contributed by atoms with van der Waals surface area (Å²) >= 11 is 0. The number of piperidine rings is 1. The Morgan fingerprint density at radius 3 is 2.76 bits per heavy atom. The smallest absolute Gasteiger partial charge is 0.220 e. The summed E-state index contributed by atoms with van der Waals surface area (Å²) in [6.45, 7) is 5.30. The number of carbonyl (C=O) groups excluding carboxylic acids is 1. The van der Waals surface area contributed by atoms with Crippen molar-refractivity contribution < 1.29 is 14.3 Å². The van der Waals surface area contributed by atoms with Crippen molar-refractivity contribution >= 4 is 5.91 Å². The zero-order chi connectivity index (χ0) is 11.9. The van der Waals surface area contributed by atoms with Gasteiger partial charge in [-0.1, -0.05) is 6.08 Å². The summed E-state index contributed by atoms with van der Waals surface area (Å²) in [6.07, 6.45) is 6.19. The number of hydrogen-bond acceptors (Lipinski definition) is 3. The molecule has 2 heterocycles. The third kappa shape index (κ3) is 1.70. The van der Waals surface area contributed by atoms with Crippen LogP contribution in [0.15, 0.2) is 12.7 Å². The van der Waals surface area contributed by atoms with E-state index in [1.165, 1.54) is 0 Å². The average Bonchev–Trinajstić information content (AvgIpc) is 2.78. The lowest BCUT2D eigenvalue weighted by Gasteiger charge is -2.50. The fourth-order valence-corrected chi connectivity index (χ4v) is 3.43. The SMILES string of the molecule is C=C[C@]12CCC(=O)N[C@H]1CC1(CC2)OCCO1. The van der Waals surface area contributed by atoms with Crippen LogP contribution in [0.4, 0.5) is 0 Å². The highest BCUT2D eigenvalue weighted by Crippen LogP contribution is 2.49. The van der Waals surface area contributed by atoms with Crippen molar-refractivity contribution in [2.24, 2.45) is 5.41 Å². The van der Waals surface area contributed by atoms with E-state index in [4.69, 9.17) is 9.47 Å². The minimum atomic E-state index is -0.443. The number of amides is 1. The van der Waals surface area contributed by atoms with E-state index in [1.54, 1.807) is 0 Å². The van der Waals surface area contributed by atoms with Crippen LogP contribution in [0.1, 0.15) is 32.1 Å². The van der Waals surface area contributed by atoms with Crippen molar-refractivity contribution in [1.82, 2.24) is 5.32 Å². The van der Waals surface area contributed by atoms with Crippen LogP contribution in [0.5, 0.6) is 0 Å². The molecule has 3 rings (SSSR count). The molecule has 4 heteroatoms. The molecule has 1 N–H and O–H groups in total. The molecule has 17 heavy (non-hydrogen) atoms. The Kier molecular flexibility index (Phi) is 2.52. The van der Waals surface area contributed by atoms with Gasteiger partial charge in [-0.3, -0.25) is 4.79 Å². The minimum Gasteiger partial charge on any atom is -0.352 e. The van der Waals surface area contributed by atoms with E-state index in [0.29, 0.717) is 19.6 Å². The second-order valence-electron chi connectivity index (χ2n) is 5.37. The molecule has 0 radical (unpaired) electrons. The fourth-order valence-electron chi connectivity index (χ4n) is 3.43. The van der Waals surface area contributed by atoms with Crippen LogP contribution in [0, 0.1) is 5.41 Å². The summed E-state index contributed by atoms with van der Waals surface area (Å²) in [4.78, 5) is 11.6. The van der Waals surface area contributed by atoms with Crippen molar-refractivity contribution in [2.45, 2.75) is 43.9 Å². The molecular weight excluding hydrogens is 218 g/mol. The zero-order valence-corrected chi connectivity index (χ0v) is 10.0. The van der Waals surface area contributed by atoms with E-state index in [0.717, 1.165) is 25.7 Å². The fraction of sp³-hybridized carbons (Fsp3) is 0.769. The summed E-state index contributed by atoms with van der Waals surface area (Å²) < 4.78 is 11.5. The minimum absolute atomic E-state index is 0.0501. The van der Waals surface area contributed by atoms with Gasteiger partial charge in [0.1, 0.15) is 0 Å². The molecule has 0 bridgehead atoms. The maximum absolute atomic E-state index is 11.6. The highest BCUT2D eigenvalue weighted by molar-refractivity contribution is 5.77. The Morgan fingerprint density at radius 1 is 1.29 bits per heavy atom. The van der Waals surface area contributed by atoms with Gasteiger partial charge in [-0.2, -0.15) is 0 Å². The normalized spacial score (nSPS) is 39.8. The van der Waals surface area contributed by atoms with Crippen molar-refractivity contribution in [2.75, 3.05) is 13.2 Å². The van der Waals surface area contributed by atoms with E-state index in [2.05, 4.69) is 11.9 Å². The number of nitrogens with one attached hydrogen (secondary N) is 1. The van der Waals surface area contributed by atoms with Crippen molar-refractivity contribution in [3.05, 3.63) is 12.7 Å². The summed E-state index contributed by atoms with van der Waals surface area (Å²) in [5.41, 5.74) is 0.0501. The van der Waals surface area contributed by atoms with Gasteiger partial charge in [-0.25, -0.2) is 0 Å². The van der Waals surface area contributed by atoms with Gasteiger partial charge in [-0.05, 0) is 12.8 Å². The molecule has 2 atom stereocenters. The first kappa shape index (κ1) is 11.2. The highest BCUT2D eigenvalue weighted by Gasteiger charge is 2.52. The largest absolute Gasteiger partial charge is 0.352 e. The Labute approximate surface area is 101 Å². The van der Waals surface area contributed by atoms with Crippen LogP contribution in [0.2, 0.25) is 0 Å². The molecule has 0 aromatic carbocycles. The van der Waals surface area contributed by atoms with Gasteiger partial charge in [-0.15, -0.1) is 6.58 Å². The number of rotatable bonds is 1. The molecule has 2 saturated heterocycles. The monoisotopic (exact) mass is 237 g/mol. The van der Waals surface area contributed by atoms with Crippen molar-refractivity contribution in [1.29, 1.82) is 0 Å². The Balaban J connectivity index is 1.83.